The first-order chi connectivity index (χ1) is 39.2. The first-order valence-corrected chi connectivity index (χ1v) is 30.4. The molecule has 85 heavy (non-hydrogen) atoms. The number of carbonyl (C=O) groups excluding carboxylic acids is 2. The average molecular weight is 1490 g/mol. The van der Waals surface area contributed by atoms with E-state index in [-0.39, 0.29) is 35.3 Å². The van der Waals surface area contributed by atoms with Crippen molar-refractivity contribution in [3.63, 3.8) is 0 Å². The van der Waals surface area contributed by atoms with Crippen molar-refractivity contribution < 1.29 is 11.0 Å². The second-order valence-electron chi connectivity index (χ2n) is 24.4. The minimum Gasteiger partial charge on any atom is -0.399 e. The zero-order valence-corrected chi connectivity index (χ0v) is 58.6. The van der Waals surface area contributed by atoms with Crippen LogP contribution in [0.3, 0.4) is 0 Å². The van der Waals surface area contributed by atoms with Crippen molar-refractivity contribution in [1.82, 2.24) is 29.3 Å². The van der Waals surface area contributed by atoms with Crippen molar-refractivity contribution in [2.45, 2.75) is 140 Å². The van der Waals surface area contributed by atoms with E-state index in [0.29, 0.717) is 28.6 Å². The Morgan fingerprint density at radius 1 is 0.518 bits per heavy atom. The molecule has 0 saturated carbocycles. The van der Waals surface area contributed by atoms with Crippen molar-refractivity contribution in [2.75, 3.05) is 28.4 Å². The van der Waals surface area contributed by atoms with Crippen LogP contribution < -0.4 is 39.9 Å². The van der Waals surface area contributed by atoms with Crippen LogP contribution in [0, 0.1) is 73.4 Å². The third-order valence-corrected chi connectivity index (χ3v) is 16.3. The van der Waals surface area contributed by atoms with Crippen LogP contribution in [0.25, 0.3) is 17.1 Å². The van der Waals surface area contributed by atoms with Gasteiger partial charge in [0.2, 0.25) is 5.91 Å². The molecule has 0 aliphatic carbocycles. The molecule has 0 fully saturated rings. The van der Waals surface area contributed by atoms with Gasteiger partial charge in [-0.05, 0) is 191 Å². The quantitative estimate of drug-likeness (QED) is 0.0353. The zero-order chi connectivity index (χ0) is 64.7. The molecule has 3 aromatic heterocycles. The van der Waals surface area contributed by atoms with Crippen molar-refractivity contribution >= 4 is 108 Å². The van der Waals surface area contributed by atoms with E-state index in [9.17, 15) is 9.59 Å². The summed E-state index contributed by atoms with van der Waals surface area (Å²) >= 11 is 6.88. The average Bonchev–Trinajstić information content (AvgIpc) is 2.38. The van der Waals surface area contributed by atoms with Gasteiger partial charge >= 0.3 is 0 Å². The molecule has 0 aliphatic rings. The Hall–Kier alpha value is -7.00. The molecule has 3 heterocycles. The molecular weight excluding hydrogens is 1400 g/mol. The van der Waals surface area contributed by atoms with Crippen LogP contribution in [0.2, 0.25) is 0 Å². The van der Waals surface area contributed by atoms with Crippen LogP contribution in [-0.2, 0) is 21.0 Å². The van der Waals surface area contributed by atoms with Gasteiger partial charge in [-0.1, -0.05) is 113 Å². The Bertz CT molecular complexity index is 3690. The number of ketones is 1. The highest BCUT2D eigenvalue weighted by molar-refractivity contribution is 14.1. The summed E-state index contributed by atoms with van der Waals surface area (Å²) in [6, 6.07) is 38.9. The van der Waals surface area contributed by atoms with E-state index in [1.807, 2.05) is 136 Å². The molecule has 20 heteroatoms. The fraction of sp³-hybridized carbons (Fsp3) is 0.338. The Morgan fingerprint density at radius 3 is 1.20 bits per heavy atom. The van der Waals surface area contributed by atoms with E-state index in [0.717, 1.165) is 56.6 Å². The number of anilines is 5. The lowest BCUT2D eigenvalue weighted by molar-refractivity contribution is -0.125. The molecular formula is C65H86I3N15O2. The van der Waals surface area contributed by atoms with Crippen LogP contribution in [0.15, 0.2) is 109 Å². The number of halogens is 3. The Kier molecular flexibility index (Phi) is 26.3. The summed E-state index contributed by atoms with van der Waals surface area (Å²) in [6.07, 6.45) is 0.0312. The van der Waals surface area contributed by atoms with E-state index in [4.69, 9.17) is 45.0 Å². The minimum atomic E-state index is -0.453. The maximum absolute atomic E-state index is 11.4. The number of hydrazine groups is 1. The molecule has 454 valence electrons. The van der Waals surface area contributed by atoms with Gasteiger partial charge in [0, 0.05) is 68.9 Å². The molecule has 1 amide bonds. The van der Waals surface area contributed by atoms with Crippen LogP contribution in [0.4, 0.5) is 28.8 Å². The summed E-state index contributed by atoms with van der Waals surface area (Å²) < 4.78 is 8.80. The molecule has 17 nitrogen and oxygen atoms in total. The molecule has 0 aliphatic heterocycles. The van der Waals surface area contributed by atoms with Crippen molar-refractivity contribution in [1.29, 1.82) is 10.5 Å². The van der Waals surface area contributed by atoms with E-state index >= 15 is 0 Å². The van der Waals surface area contributed by atoms with Crippen LogP contribution in [0.1, 0.15) is 152 Å². The maximum atomic E-state index is 11.4. The highest BCUT2D eigenvalue weighted by Gasteiger charge is 2.23. The molecule has 5 aromatic carbocycles. The zero-order valence-electron chi connectivity index (χ0n) is 52.1. The molecule has 0 radical (unpaired) electrons. The number of nitriles is 2. The SMILES string of the molecule is CC(C)(C)C(=O)CC#N.Cc1ccc(-n2nc(C(C)(C)C)cc2N)cc1C#N.Cc1ccc(-n2nc(C(C)(C)C)cc2N)cc1C(N)=O.Cc1ccc(-n2nc(C(C)(C)C)cc2N)cc1I.Cc1ccc(N)cc1I.Cc1ccc(NN)cc1I.[2HH]. The summed E-state index contributed by atoms with van der Waals surface area (Å²) in [7, 11) is 0. The van der Waals surface area contributed by atoms with Gasteiger partial charge in [-0.3, -0.25) is 15.4 Å². The normalized spacial score (nSPS) is 11.0. The number of benzene rings is 5. The number of Topliss-reactive ketones (excluding diaryl/α,β-unsaturated/α-hetero) is 1. The van der Waals surface area contributed by atoms with Crippen LogP contribution in [0.5, 0.6) is 0 Å². The third-order valence-electron chi connectivity index (χ3n) is 12.8. The number of nitrogens with zero attached hydrogens (tertiary/aromatic N) is 8. The van der Waals surface area contributed by atoms with Crippen LogP contribution >= 0.6 is 67.8 Å². The molecule has 0 spiro atoms. The number of hydrogen-bond donors (Lipinski definition) is 7. The fourth-order valence-electron chi connectivity index (χ4n) is 7.12. The highest BCUT2D eigenvalue weighted by Crippen LogP contribution is 2.29. The number of nitrogens with two attached hydrogens (primary N) is 6. The van der Waals surface area contributed by atoms with E-state index in [1.165, 1.54) is 27.4 Å². The van der Waals surface area contributed by atoms with Gasteiger partial charge in [-0.2, -0.15) is 25.8 Å². The smallest absolute Gasteiger partial charge is 0.249 e. The standard InChI is InChI=1S/C15H20N4O.C15H18N4.C14H18IN3.C7H9IN2.C7H8IN.C7H11NO.H2/c1-9-5-6-10(7-11(9)14(17)20)19-13(16)8-12(18-19)15(2,3)4;1-10-5-6-12(7-11(10)9-16)19-14(17)8-13(18-19)15(2,3)4;1-9-5-6-10(7-11(9)15)18-13(16)8-12(17-18)14(2,3)4;1-5-2-3-6(10-9)4-7(5)8;1-5-2-3-6(9)4-7(5)8;1-7(2,3)6(9)4-5-8;/h5-8H,16H2,1-4H3,(H2,17,20);5-8H,17H2,1-4H3;5-8H,16H2,1-4H3;2-4,10H,9H2,1H3;2-4H,9H2,1H3;4H2,1-3H3;1H/i;;;;;;1+1. The number of rotatable bonds is 6. The maximum Gasteiger partial charge on any atom is 0.249 e. The Morgan fingerprint density at radius 2 is 0.882 bits per heavy atom. The third kappa shape index (κ3) is 21.8. The topological polar surface area (TPSA) is 303 Å². The highest BCUT2D eigenvalue weighted by atomic mass is 127. The summed E-state index contributed by atoms with van der Waals surface area (Å²) in [5.41, 5.74) is 45.0. The van der Waals surface area contributed by atoms with Crippen molar-refractivity contribution in [2.24, 2.45) is 17.0 Å². The van der Waals surface area contributed by atoms with E-state index in [2.05, 4.69) is 190 Å². The summed E-state index contributed by atoms with van der Waals surface area (Å²) in [5.74, 6) is 6.57. The minimum absolute atomic E-state index is 0. The number of hydrogen-bond acceptors (Lipinski definition) is 13. The number of carbonyl (C=O) groups is 2. The fourth-order valence-corrected chi connectivity index (χ4v) is 8.67. The van der Waals surface area contributed by atoms with Gasteiger partial charge in [0.1, 0.15) is 17.5 Å². The Labute approximate surface area is 545 Å². The Balaban J connectivity index is 0.000000362. The number of amides is 1. The summed E-state index contributed by atoms with van der Waals surface area (Å²) in [5, 5.41) is 30.9. The molecule has 0 saturated heterocycles. The van der Waals surface area contributed by atoms with Gasteiger partial charge in [0.25, 0.3) is 0 Å². The van der Waals surface area contributed by atoms with Crippen molar-refractivity contribution in [3.05, 3.63) is 176 Å². The monoisotopic (exact) mass is 1490 g/mol. The van der Waals surface area contributed by atoms with Gasteiger partial charge in [-0.25, -0.2) is 14.0 Å². The molecule has 0 bridgehead atoms. The summed E-state index contributed by atoms with van der Waals surface area (Å²) in [6.45, 7) is 34.3. The van der Waals surface area contributed by atoms with Crippen molar-refractivity contribution in [3.8, 4) is 29.2 Å². The number of nitrogen functional groups attached to an aromatic ring is 5. The van der Waals surface area contributed by atoms with Gasteiger partial charge < -0.3 is 34.1 Å². The number of aromatic nitrogens is 6. The lowest BCUT2D eigenvalue weighted by Crippen LogP contribution is -2.18. The largest absolute Gasteiger partial charge is 0.399 e. The van der Waals surface area contributed by atoms with Gasteiger partial charge in [0.15, 0.2) is 5.78 Å². The predicted octanol–water partition coefficient (Wildman–Crippen LogP) is 14.6. The van der Waals surface area contributed by atoms with E-state index < -0.39 is 5.91 Å². The first kappa shape index (κ1) is 72.3. The second kappa shape index (κ2) is 30.9. The number of nitrogens with one attached hydrogen (secondary N) is 1. The lowest BCUT2D eigenvalue weighted by Gasteiger charge is -2.14. The molecule has 8 rings (SSSR count). The first-order valence-electron chi connectivity index (χ1n) is 27.1. The number of primary amides is 1. The predicted molar refractivity (Wildman–Crippen MR) is 377 cm³/mol. The number of aryl methyl sites for hydroxylation is 5. The summed E-state index contributed by atoms with van der Waals surface area (Å²) in [4.78, 5) is 22.3. The molecule has 13 N–H and O–H groups in total. The van der Waals surface area contributed by atoms with Gasteiger partial charge in [0.05, 0.1) is 58.3 Å². The lowest BCUT2D eigenvalue weighted by atomic mass is 9.89. The molecule has 8 aromatic rings. The van der Waals surface area contributed by atoms with E-state index in [1.54, 1.807) is 15.4 Å². The molecule has 0 unspecified atom stereocenters. The molecule has 0 atom stereocenters. The van der Waals surface area contributed by atoms with Gasteiger partial charge in [-0.15, -0.1) is 0 Å². The van der Waals surface area contributed by atoms with Crippen LogP contribution in [-0.4, -0.2) is 41.0 Å². The second-order valence-corrected chi connectivity index (χ2v) is 27.9.